The molecule has 0 aromatic heterocycles. The molecule has 3 N–H and O–H groups in total. The Kier molecular flexibility index (Phi) is 6.07. The molecular formula is C14H16IN3O2S. The summed E-state index contributed by atoms with van der Waals surface area (Å²) in [5.41, 5.74) is 7.04. The molecule has 5 nitrogen and oxygen atoms in total. The number of carbonyl (C=O) groups is 2. The molecule has 0 saturated carbocycles. The van der Waals surface area contributed by atoms with Crippen molar-refractivity contribution >= 4 is 42.1 Å². The number of benzene rings is 1. The molecule has 1 aliphatic heterocycles. The highest BCUT2D eigenvalue weighted by molar-refractivity contribution is 14.2. The molecule has 112 valence electrons. The van der Waals surface area contributed by atoms with Crippen LogP contribution in [0.25, 0.3) is 0 Å². The Labute approximate surface area is 140 Å². The summed E-state index contributed by atoms with van der Waals surface area (Å²) in [6.07, 6.45) is 2.28. The normalized spacial score (nSPS) is 16.3. The van der Waals surface area contributed by atoms with E-state index in [0.29, 0.717) is 18.5 Å². The molecule has 0 bridgehead atoms. The molecule has 0 saturated heterocycles. The number of nitrogens with zero attached hydrogens (tertiary/aromatic N) is 1. The zero-order valence-corrected chi connectivity index (χ0v) is 14.3. The molecule has 1 heterocycles. The summed E-state index contributed by atoms with van der Waals surface area (Å²) in [7, 11) is 1.56. The fourth-order valence-corrected chi connectivity index (χ4v) is 3.29. The molecule has 2 rings (SSSR count). The van der Waals surface area contributed by atoms with Gasteiger partial charge in [-0.2, -0.15) is 0 Å². The largest absolute Gasteiger partial charge is 0.368 e. The Morgan fingerprint density at radius 2 is 2.10 bits per heavy atom. The van der Waals surface area contributed by atoms with Crippen LogP contribution >= 0.6 is 30.3 Å². The number of nitrogens with two attached hydrogens (primary N) is 1. The van der Waals surface area contributed by atoms with Crippen LogP contribution in [-0.2, 0) is 16.0 Å². The maximum absolute atomic E-state index is 12.2. The monoisotopic (exact) mass is 417 g/mol. The molecule has 0 fully saturated rings. The first-order chi connectivity index (χ1) is 10.1. The molecule has 1 unspecified atom stereocenters. The van der Waals surface area contributed by atoms with E-state index in [0.717, 1.165) is 12.1 Å². The quantitative estimate of drug-likeness (QED) is 0.543. The minimum atomic E-state index is -0.692. The number of hydrogen-bond acceptors (Lipinski definition) is 4. The van der Waals surface area contributed by atoms with E-state index in [1.165, 1.54) is 0 Å². The predicted octanol–water partition coefficient (Wildman–Crippen LogP) is 1.44. The van der Waals surface area contributed by atoms with Gasteiger partial charge in [-0.3, -0.25) is 9.59 Å². The standard InChI is InChI=1S/C14H16IN3O2S/c15-21-18-7-6-11(9-18)14(20)17-12(13(16)19)8-10-4-2-1-3-5-10/h1-6,12H,7-9H2,(H2,16,19)(H,17,20). The molecule has 2 amide bonds. The van der Waals surface area contributed by atoms with Crippen molar-refractivity contribution in [2.75, 3.05) is 13.1 Å². The Bertz CT molecular complexity index is 550. The van der Waals surface area contributed by atoms with E-state index in [4.69, 9.17) is 5.73 Å². The second-order valence-electron chi connectivity index (χ2n) is 4.74. The zero-order chi connectivity index (χ0) is 15.2. The highest BCUT2D eigenvalue weighted by atomic mass is 127. The van der Waals surface area contributed by atoms with Gasteiger partial charge in [-0.05, 0) is 14.7 Å². The van der Waals surface area contributed by atoms with Crippen LogP contribution in [0.15, 0.2) is 42.0 Å². The van der Waals surface area contributed by atoms with Crippen molar-refractivity contribution in [3.63, 3.8) is 0 Å². The summed E-state index contributed by atoms with van der Waals surface area (Å²) in [6.45, 7) is 1.31. The third-order valence-electron chi connectivity index (χ3n) is 3.21. The van der Waals surface area contributed by atoms with Gasteiger partial charge in [0.2, 0.25) is 11.8 Å². The lowest BCUT2D eigenvalue weighted by atomic mass is 10.1. The molecule has 1 aliphatic rings. The van der Waals surface area contributed by atoms with Crippen molar-refractivity contribution in [3.05, 3.63) is 47.5 Å². The van der Waals surface area contributed by atoms with Crippen molar-refractivity contribution in [2.24, 2.45) is 5.73 Å². The second kappa shape index (κ2) is 7.81. The van der Waals surface area contributed by atoms with Gasteiger partial charge in [-0.1, -0.05) is 36.4 Å². The molecule has 1 aromatic rings. The molecule has 0 spiro atoms. The minimum Gasteiger partial charge on any atom is -0.368 e. The molecular weight excluding hydrogens is 401 g/mol. The molecule has 7 heteroatoms. The maximum Gasteiger partial charge on any atom is 0.248 e. The molecule has 21 heavy (non-hydrogen) atoms. The predicted molar refractivity (Wildman–Crippen MR) is 92.5 cm³/mol. The summed E-state index contributed by atoms with van der Waals surface area (Å²) >= 11 is 2.18. The first-order valence-electron chi connectivity index (χ1n) is 6.47. The summed E-state index contributed by atoms with van der Waals surface area (Å²) in [5.74, 6) is -0.742. The lowest BCUT2D eigenvalue weighted by molar-refractivity contribution is -0.125. The SMILES string of the molecule is NC(=O)C(Cc1ccccc1)NC(=O)C1=CCN(SI)C1. The Morgan fingerprint density at radius 1 is 1.38 bits per heavy atom. The highest BCUT2D eigenvalue weighted by Gasteiger charge is 2.24. The molecule has 0 radical (unpaired) electrons. The first kappa shape index (κ1) is 16.3. The van der Waals surface area contributed by atoms with Crippen LogP contribution in [0.4, 0.5) is 0 Å². The minimum absolute atomic E-state index is 0.220. The lowest BCUT2D eigenvalue weighted by Gasteiger charge is -2.16. The van der Waals surface area contributed by atoms with Crippen molar-refractivity contribution in [1.82, 2.24) is 9.62 Å². The van der Waals surface area contributed by atoms with Gasteiger partial charge in [0.15, 0.2) is 0 Å². The van der Waals surface area contributed by atoms with E-state index in [2.05, 4.69) is 26.5 Å². The number of primary amides is 1. The number of halogens is 1. The zero-order valence-electron chi connectivity index (χ0n) is 11.3. The molecule has 0 aliphatic carbocycles. The number of carbonyl (C=O) groups excluding carboxylic acids is 2. The van der Waals surface area contributed by atoms with Gasteiger partial charge in [0.1, 0.15) is 6.04 Å². The second-order valence-corrected chi connectivity index (χ2v) is 6.58. The number of hydrogen-bond donors (Lipinski definition) is 2. The van der Waals surface area contributed by atoms with Crippen molar-refractivity contribution in [1.29, 1.82) is 0 Å². The van der Waals surface area contributed by atoms with E-state index >= 15 is 0 Å². The van der Waals surface area contributed by atoms with Crippen LogP contribution in [0.2, 0.25) is 0 Å². The highest BCUT2D eigenvalue weighted by Crippen LogP contribution is 2.23. The third-order valence-corrected chi connectivity index (χ3v) is 5.35. The fourth-order valence-electron chi connectivity index (χ4n) is 2.07. The van der Waals surface area contributed by atoms with E-state index in [-0.39, 0.29) is 5.91 Å². The van der Waals surface area contributed by atoms with E-state index < -0.39 is 11.9 Å². The summed E-state index contributed by atoms with van der Waals surface area (Å²) < 4.78 is 2.05. The van der Waals surface area contributed by atoms with E-state index in [9.17, 15) is 9.59 Å². The van der Waals surface area contributed by atoms with Gasteiger partial charge < -0.3 is 11.1 Å². The topological polar surface area (TPSA) is 75.4 Å². The number of amides is 2. The fraction of sp³-hybridized carbons (Fsp3) is 0.286. The first-order valence-corrected chi connectivity index (χ1v) is 9.78. The molecule has 1 atom stereocenters. The van der Waals surface area contributed by atoms with Crippen LogP contribution < -0.4 is 11.1 Å². The van der Waals surface area contributed by atoms with Crippen molar-refractivity contribution in [3.8, 4) is 0 Å². The Hall–Kier alpha value is -1.06. The molecule has 1 aromatic carbocycles. The van der Waals surface area contributed by atoms with E-state index in [1.54, 1.807) is 9.12 Å². The maximum atomic E-state index is 12.2. The average molecular weight is 417 g/mol. The van der Waals surface area contributed by atoms with Gasteiger partial charge in [-0.15, -0.1) is 0 Å². The van der Waals surface area contributed by atoms with Crippen LogP contribution in [0.5, 0.6) is 0 Å². The van der Waals surface area contributed by atoms with Gasteiger partial charge >= 0.3 is 0 Å². The number of rotatable bonds is 6. The number of nitrogens with one attached hydrogen (secondary N) is 1. The van der Waals surface area contributed by atoms with Crippen LogP contribution in [0.3, 0.4) is 0 Å². The third kappa shape index (κ3) is 4.72. The van der Waals surface area contributed by atoms with Crippen LogP contribution in [0.1, 0.15) is 5.56 Å². The summed E-state index contributed by atoms with van der Waals surface area (Å²) in [4.78, 5) is 23.7. The van der Waals surface area contributed by atoms with Gasteiger partial charge in [0, 0.05) is 46.3 Å². The average Bonchev–Trinajstić information content (AvgIpc) is 2.96. The summed E-state index contributed by atoms with van der Waals surface area (Å²) in [5, 5.41) is 2.73. The van der Waals surface area contributed by atoms with Crippen molar-refractivity contribution in [2.45, 2.75) is 12.5 Å². The van der Waals surface area contributed by atoms with Gasteiger partial charge in [0.05, 0.1) is 0 Å². The van der Waals surface area contributed by atoms with Crippen LogP contribution in [-0.4, -0.2) is 35.3 Å². The summed E-state index contributed by atoms with van der Waals surface area (Å²) in [6, 6.07) is 8.81. The Balaban J connectivity index is 1.97. The van der Waals surface area contributed by atoms with Crippen LogP contribution in [0, 0.1) is 0 Å². The van der Waals surface area contributed by atoms with Gasteiger partial charge in [0.25, 0.3) is 0 Å². The van der Waals surface area contributed by atoms with Gasteiger partial charge in [-0.25, -0.2) is 4.31 Å². The Morgan fingerprint density at radius 3 is 2.67 bits per heavy atom. The van der Waals surface area contributed by atoms with Crippen molar-refractivity contribution < 1.29 is 9.59 Å². The smallest absolute Gasteiger partial charge is 0.248 e. The van der Waals surface area contributed by atoms with E-state index in [1.807, 2.05) is 40.7 Å². The lowest BCUT2D eigenvalue weighted by Crippen LogP contribution is -2.46.